The van der Waals surface area contributed by atoms with Crippen LogP contribution in [0.4, 0.5) is 10.8 Å². The molecule has 1 fully saturated rings. The van der Waals surface area contributed by atoms with E-state index in [2.05, 4.69) is 4.90 Å². The lowest BCUT2D eigenvalue weighted by Crippen LogP contribution is -2.39. The number of benzene rings is 2. The number of carbonyl (C=O) groups is 1. The number of morpholine rings is 1. The molecule has 0 atom stereocenters. The van der Waals surface area contributed by atoms with E-state index in [9.17, 15) is 14.9 Å². The maximum absolute atomic E-state index is 13.7. The van der Waals surface area contributed by atoms with Crippen LogP contribution in [0.15, 0.2) is 30.3 Å². The molecule has 1 aliphatic rings. The fourth-order valence-electron chi connectivity index (χ4n) is 4.14. The van der Waals surface area contributed by atoms with E-state index < -0.39 is 4.92 Å². The number of nitro groups is 1. The molecule has 1 aromatic heterocycles. The molecule has 0 radical (unpaired) electrons. The molecule has 34 heavy (non-hydrogen) atoms. The number of nitro benzene ring substituents is 1. The van der Waals surface area contributed by atoms with Gasteiger partial charge in [0.05, 0.1) is 29.9 Å². The summed E-state index contributed by atoms with van der Waals surface area (Å²) in [4.78, 5) is 33.5. The van der Waals surface area contributed by atoms with Crippen LogP contribution >= 0.6 is 11.3 Å². The quantitative estimate of drug-likeness (QED) is 0.349. The van der Waals surface area contributed by atoms with Crippen LogP contribution in [0.2, 0.25) is 0 Å². The van der Waals surface area contributed by atoms with Gasteiger partial charge in [-0.25, -0.2) is 4.98 Å². The van der Waals surface area contributed by atoms with E-state index in [0.29, 0.717) is 47.3 Å². The summed E-state index contributed by atoms with van der Waals surface area (Å²) in [5.41, 5.74) is 2.35. The third kappa shape index (κ3) is 4.89. The second kappa shape index (κ2) is 10.5. The lowest BCUT2D eigenvalue weighted by Gasteiger charge is -2.28. The van der Waals surface area contributed by atoms with Crippen molar-refractivity contribution < 1.29 is 19.2 Å². The van der Waals surface area contributed by atoms with E-state index >= 15 is 0 Å². The van der Waals surface area contributed by atoms with Gasteiger partial charge in [-0.05, 0) is 38.0 Å². The van der Waals surface area contributed by atoms with Gasteiger partial charge in [0.1, 0.15) is 11.3 Å². The van der Waals surface area contributed by atoms with Crippen molar-refractivity contribution in [2.45, 2.75) is 20.3 Å². The predicted octanol–water partition coefficient (Wildman–Crippen LogP) is 4.20. The molecule has 0 aliphatic carbocycles. The molecule has 1 saturated heterocycles. The molecule has 2 heterocycles. The fraction of sp³-hybridized carbons (Fsp3) is 0.417. The van der Waals surface area contributed by atoms with E-state index in [1.807, 2.05) is 19.1 Å². The first-order valence-electron chi connectivity index (χ1n) is 11.2. The Morgan fingerprint density at radius 2 is 2.03 bits per heavy atom. The fourth-order valence-corrected chi connectivity index (χ4v) is 5.21. The summed E-state index contributed by atoms with van der Waals surface area (Å²) in [6.07, 6.45) is 0.742. The number of aromatic nitrogens is 1. The Morgan fingerprint density at radius 1 is 1.26 bits per heavy atom. The van der Waals surface area contributed by atoms with Crippen molar-refractivity contribution in [3.8, 4) is 5.75 Å². The minimum atomic E-state index is -0.458. The first-order valence-corrected chi connectivity index (χ1v) is 12.0. The van der Waals surface area contributed by atoms with Gasteiger partial charge < -0.3 is 9.47 Å². The highest BCUT2D eigenvalue weighted by Crippen LogP contribution is 2.37. The minimum absolute atomic E-state index is 0.0686. The highest BCUT2D eigenvalue weighted by atomic mass is 32.1. The van der Waals surface area contributed by atoms with Crippen molar-refractivity contribution in [3.63, 3.8) is 0 Å². The van der Waals surface area contributed by atoms with Crippen LogP contribution in [0.5, 0.6) is 5.75 Å². The maximum Gasteiger partial charge on any atom is 0.273 e. The lowest BCUT2D eigenvalue weighted by molar-refractivity contribution is -0.385. The number of methoxy groups -OCH3 is 1. The van der Waals surface area contributed by atoms with Crippen molar-refractivity contribution in [3.05, 3.63) is 57.1 Å². The Morgan fingerprint density at radius 3 is 2.74 bits per heavy atom. The largest absolute Gasteiger partial charge is 0.494 e. The SMILES string of the molecule is COc1ccc(C)c2sc(N(CCCN3CCOCC3)C(=O)c3cccc([N+](=O)[O-])c3C)nc12. The highest BCUT2D eigenvalue weighted by Gasteiger charge is 2.26. The molecule has 1 aliphatic heterocycles. The number of hydrogen-bond acceptors (Lipinski definition) is 8. The Kier molecular flexibility index (Phi) is 7.40. The van der Waals surface area contributed by atoms with Gasteiger partial charge in [0.15, 0.2) is 5.13 Å². The maximum atomic E-state index is 13.7. The molecule has 10 heteroatoms. The average Bonchev–Trinajstić information content (AvgIpc) is 3.28. The minimum Gasteiger partial charge on any atom is -0.494 e. The van der Waals surface area contributed by atoms with Crippen molar-refractivity contribution in [2.75, 3.05) is 51.4 Å². The Bertz CT molecular complexity index is 1210. The zero-order valence-corrected chi connectivity index (χ0v) is 20.4. The normalized spacial score (nSPS) is 14.3. The van der Waals surface area contributed by atoms with Gasteiger partial charge >= 0.3 is 0 Å². The van der Waals surface area contributed by atoms with E-state index in [1.165, 1.54) is 17.4 Å². The zero-order valence-electron chi connectivity index (χ0n) is 19.6. The molecule has 180 valence electrons. The number of rotatable bonds is 8. The lowest BCUT2D eigenvalue weighted by atomic mass is 10.1. The average molecular weight is 485 g/mol. The van der Waals surface area contributed by atoms with E-state index in [-0.39, 0.29) is 11.6 Å². The highest BCUT2D eigenvalue weighted by molar-refractivity contribution is 7.22. The molecular weight excluding hydrogens is 456 g/mol. The van der Waals surface area contributed by atoms with Gasteiger partial charge in [0.2, 0.25) is 0 Å². The third-order valence-electron chi connectivity index (χ3n) is 6.08. The summed E-state index contributed by atoms with van der Waals surface area (Å²) in [5.74, 6) is 0.356. The number of amides is 1. The number of nitrogens with zero attached hydrogens (tertiary/aromatic N) is 4. The van der Waals surface area contributed by atoms with Crippen LogP contribution in [-0.2, 0) is 4.74 Å². The summed E-state index contributed by atoms with van der Waals surface area (Å²) in [6, 6.07) is 8.45. The van der Waals surface area contributed by atoms with Crippen LogP contribution in [0, 0.1) is 24.0 Å². The molecule has 0 saturated carbocycles. The standard InChI is InChI=1S/C24H28N4O5S/c1-16-8-9-20(32-3)21-22(16)34-24(25-21)27(11-5-10-26-12-14-33-15-13-26)23(29)18-6-4-7-19(17(18)2)28(30)31/h4,6-9H,5,10-15H2,1-3H3. The first kappa shape index (κ1) is 24.1. The summed E-state index contributed by atoms with van der Waals surface area (Å²) >= 11 is 1.43. The number of hydrogen-bond donors (Lipinski definition) is 0. The van der Waals surface area contributed by atoms with Gasteiger partial charge in [-0.1, -0.05) is 23.5 Å². The molecule has 0 N–H and O–H groups in total. The van der Waals surface area contributed by atoms with Crippen molar-refractivity contribution in [1.29, 1.82) is 0 Å². The van der Waals surface area contributed by atoms with Gasteiger partial charge in [-0.3, -0.25) is 24.7 Å². The summed E-state index contributed by atoms with van der Waals surface area (Å²) in [5, 5.41) is 12.0. The van der Waals surface area contributed by atoms with Gasteiger partial charge in [-0.2, -0.15) is 0 Å². The summed E-state index contributed by atoms with van der Waals surface area (Å²) in [7, 11) is 1.60. The molecule has 0 unspecified atom stereocenters. The zero-order chi connectivity index (χ0) is 24.2. The first-order chi connectivity index (χ1) is 16.4. The van der Waals surface area contributed by atoms with Gasteiger partial charge in [-0.15, -0.1) is 0 Å². The van der Waals surface area contributed by atoms with Crippen LogP contribution in [0.3, 0.4) is 0 Å². The monoisotopic (exact) mass is 484 g/mol. The molecule has 2 aromatic carbocycles. The molecule has 0 spiro atoms. The van der Waals surface area contributed by atoms with Crippen LogP contribution < -0.4 is 9.64 Å². The Balaban J connectivity index is 1.69. The number of fused-ring (bicyclic) bond motifs is 1. The Labute approximate surface area is 202 Å². The van der Waals surface area contributed by atoms with Crippen molar-refractivity contribution >= 4 is 38.3 Å². The smallest absolute Gasteiger partial charge is 0.273 e. The summed E-state index contributed by atoms with van der Waals surface area (Å²) in [6.45, 7) is 8.06. The van der Waals surface area contributed by atoms with E-state index in [0.717, 1.165) is 36.3 Å². The number of aryl methyl sites for hydroxylation is 1. The molecule has 3 aromatic rings. The summed E-state index contributed by atoms with van der Waals surface area (Å²) < 4.78 is 11.9. The number of carbonyl (C=O) groups excluding carboxylic acids is 1. The third-order valence-corrected chi connectivity index (χ3v) is 7.29. The van der Waals surface area contributed by atoms with E-state index in [1.54, 1.807) is 31.1 Å². The van der Waals surface area contributed by atoms with Crippen LogP contribution in [0.1, 0.15) is 27.9 Å². The molecular formula is C24H28N4O5S. The van der Waals surface area contributed by atoms with Crippen molar-refractivity contribution in [1.82, 2.24) is 9.88 Å². The predicted molar refractivity (Wildman–Crippen MR) is 132 cm³/mol. The number of anilines is 1. The van der Waals surface area contributed by atoms with Crippen molar-refractivity contribution in [2.24, 2.45) is 0 Å². The van der Waals surface area contributed by atoms with Gasteiger partial charge in [0.25, 0.3) is 11.6 Å². The molecule has 9 nitrogen and oxygen atoms in total. The molecule has 4 rings (SSSR count). The van der Waals surface area contributed by atoms with Crippen LogP contribution in [0.25, 0.3) is 10.2 Å². The molecule has 1 amide bonds. The number of thiazole rings is 1. The van der Waals surface area contributed by atoms with E-state index in [4.69, 9.17) is 14.5 Å². The van der Waals surface area contributed by atoms with Crippen LogP contribution in [-0.4, -0.2) is 67.2 Å². The second-order valence-corrected chi connectivity index (χ2v) is 9.21. The molecule has 0 bridgehead atoms. The number of ether oxygens (including phenoxy) is 2. The van der Waals surface area contributed by atoms with Gasteiger partial charge in [0, 0.05) is 43.4 Å². The Hall–Kier alpha value is -3.08. The second-order valence-electron chi connectivity index (χ2n) is 8.23. The topological polar surface area (TPSA) is 98.0 Å².